The van der Waals surface area contributed by atoms with E-state index in [1.807, 2.05) is 0 Å². The molecule has 130 valence electrons. The number of aryl methyl sites for hydroxylation is 2. The van der Waals surface area contributed by atoms with Crippen LogP contribution in [0.15, 0.2) is 18.2 Å². The minimum Gasteiger partial charge on any atom is -0.433 e. The highest BCUT2D eigenvalue weighted by Gasteiger charge is 2.22. The van der Waals surface area contributed by atoms with Crippen molar-refractivity contribution >= 4 is 23.2 Å². The van der Waals surface area contributed by atoms with E-state index in [4.69, 9.17) is 11.6 Å². The molecule has 1 aromatic heterocycles. The fraction of sp³-hybridized carbons (Fsp3) is 0.375. The van der Waals surface area contributed by atoms with Crippen molar-refractivity contribution in [1.82, 2.24) is 9.78 Å². The van der Waals surface area contributed by atoms with E-state index in [1.165, 1.54) is 10.7 Å². The number of anilines is 1. The predicted molar refractivity (Wildman–Crippen MR) is 87.9 cm³/mol. The van der Waals surface area contributed by atoms with Gasteiger partial charge in [-0.05, 0) is 45.4 Å². The van der Waals surface area contributed by atoms with E-state index in [2.05, 4.69) is 15.2 Å². The standard InChI is InChI=1S/C16H18ClF2N3O2/c1-8-5-6-13(24-16(18)19)12(7-8)20-15(23)11(4)22-10(3)14(17)9(2)21-22/h5-7,11,16H,1-4H3,(H,20,23). The average Bonchev–Trinajstić information content (AvgIpc) is 2.76. The fourth-order valence-electron chi connectivity index (χ4n) is 2.31. The molecule has 0 aliphatic heterocycles. The van der Waals surface area contributed by atoms with Crippen molar-refractivity contribution in [2.45, 2.75) is 40.3 Å². The van der Waals surface area contributed by atoms with E-state index in [-0.39, 0.29) is 11.4 Å². The molecule has 0 saturated carbocycles. The maximum atomic E-state index is 12.5. The van der Waals surface area contributed by atoms with Crippen molar-refractivity contribution in [2.75, 3.05) is 5.32 Å². The highest BCUT2D eigenvalue weighted by Crippen LogP contribution is 2.29. The Hall–Kier alpha value is -2.15. The van der Waals surface area contributed by atoms with Crippen molar-refractivity contribution < 1.29 is 18.3 Å². The summed E-state index contributed by atoms with van der Waals surface area (Å²) in [7, 11) is 0. The summed E-state index contributed by atoms with van der Waals surface area (Å²) in [6.45, 7) is 3.95. The molecule has 2 rings (SSSR count). The predicted octanol–water partition coefficient (Wildman–Crippen LogP) is 4.26. The fourth-order valence-corrected chi connectivity index (χ4v) is 2.43. The Morgan fingerprint density at radius 1 is 1.33 bits per heavy atom. The summed E-state index contributed by atoms with van der Waals surface area (Å²) in [4.78, 5) is 12.5. The van der Waals surface area contributed by atoms with Crippen LogP contribution in [-0.2, 0) is 4.79 Å². The molecule has 1 amide bonds. The topological polar surface area (TPSA) is 56.1 Å². The summed E-state index contributed by atoms with van der Waals surface area (Å²) in [5.41, 5.74) is 2.25. The van der Waals surface area contributed by atoms with Gasteiger partial charge in [0.05, 0.1) is 22.1 Å². The number of carbonyl (C=O) groups excluding carboxylic acids is 1. The van der Waals surface area contributed by atoms with E-state index < -0.39 is 18.6 Å². The van der Waals surface area contributed by atoms with Gasteiger partial charge >= 0.3 is 6.61 Å². The molecule has 2 aromatic rings. The molecule has 8 heteroatoms. The van der Waals surface area contributed by atoms with Crippen molar-refractivity contribution in [3.8, 4) is 5.75 Å². The van der Waals surface area contributed by atoms with Gasteiger partial charge in [-0.1, -0.05) is 17.7 Å². The van der Waals surface area contributed by atoms with Crippen LogP contribution in [0.2, 0.25) is 5.02 Å². The number of alkyl halides is 2. The van der Waals surface area contributed by atoms with Crippen LogP contribution in [-0.4, -0.2) is 22.3 Å². The number of aromatic nitrogens is 2. The minimum absolute atomic E-state index is 0.0949. The second-order valence-electron chi connectivity index (χ2n) is 5.47. The Morgan fingerprint density at radius 2 is 2.00 bits per heavy atom. The molecule has 1 heterocycles. The number of amides is 1. The first-order valence-electron chi connectivity index (χ1n) is 7.28. The van der Waals surface area contributed by atoms with E-state index in [0.29, 0.717) is 16.4 Å². The molecule has 0 saturated heterocycles. The van der Waals surface area contributed by atoms with E-state index in [1.54, 1.807) is 39.8 Å². The van der Waals surface area contributed by atoms with Gasteiger partial charge in [-0.2, -0.15) is 13.9 Å². The molecule has 0 bridgehead atoms. The van der Waals surface area contributed by atoms with Gasteiger partial charge in [0.2, 0.25) is 5.91 Å². The summed E-state index contributed by atoms with van der Waals surface area (Å²) in [5, 5.41) is 7.34. The molecular formula is C16H18ClF2N3O2. The Labute approximate surface area is 143 Å². The van der Waals surface area contributed by atoms with Gasteiger partial charge < -0.3 is 10.1 Å². The highest BCUT2D eigenvalue weighted by atomic mass is 35.5. The van der Waals surface area contributed by atoms with Crippen LogP contribution in [0.4, 0.5) is 14.5 Å². The van der Waals surface area contributed by atoms with Crippen LogP contribution in [0.5, 0.6) is 5.75 Å². The zero-order valence-electron chi connectivity index (χ0n) is 13.7. The molecular weight excluding hydrogens is 340 g/mol. The molecule has 0 radical (unpaired) electrons. The summed E-state index contributed by atoms with van der Waals surface area (Å²) >= 11 is 6.09. The molecule has 0 spiro atoms. The third-order valence-corrected chi connectivity index (χ3v) is 4.14. The quantitative estimate of drug-likeness (QED) is 0.869. The first-order valence-corrected chi connectivity index (χ1v) is 7.66. The lowest BCUT2D eigenvalue weighted by molar-refractivity contribution is -0.119. The summed E-state index contributed by atoms with van der Waals surface area (Å²) in [6, 6.07) is 3.91. The lowest BCUT2D eigenvalue weighted by Crippen LogP contribution is -2.25. The number of halogens is 3. The van der Waals surface area contributed by atoms with Gasteiger partial charge in [0.15, 0.2) is 0 Å². The number of rotatable bonds is 5. The van der Waals surface area contributed by atoms with Crippen LogP contribution in [0, 0.1) is 20.8 Å². The Kier molecular flexibility index (Phi) is 5.43. The molecule has 1 atom stereocenters. The first-order chi connectivity index (χ1) is 11.2. The number of benzene rings is 1. The van der Waals surface area contributed by atoms with Gasteiger partial charge in [0.25, 0.3) is 0 Å². The summed E-state index contributed by atoms with van der Waals surface area (Å²) in [5.74, 6) is -0.510. The van der Waals surface area contributed by atoms with Crippen LogP contribution in [0.25, 0.3) is 0 Å². The summed E-state index contributed by atoms with van der Waals surface area (Å²) < 4.78 is 30.9. The zero-order valence-corrected chi connectivity index (χ0v) is 14.5. The first kappa shape index (κ1) is 18.2. The SMILES string of the molecule is Cc1ccc(OC(F)F)c(NC(=O)C(C)n2nc(C)c(Cl)c2C)c1. The summed E-state index contributed by atoms with van der Waals surface area (Å²) in [6.07, 6.45) is 0. The van der Waals surface area contributed by atoms with Crippen LogP contribution >= 0.6 is 11.6 Å². The monoisotopic (exact) mass is 357 g/mol. The van der Waals surface area contributed by atoms with Gasteiger partial charge in [-0.15, -0.1) is 0 Å². The van der Waals surface area contributed by atoms with Gasteiger partial charge in [0, 0.05) is 0 Å². The minimum atomic E-state index is -2.98. The number of ether oxygens (including phenoxy) is 1. The molecule has 1 aromatic carbocycles. The molecule has 1 unspecified atom stereocenters. The molecule has 0 aliphatic rings. The third kappa shape index (κ3) is 3.84. The normalized spacial score (nSPS) is 12.3. The number of hydrogen-bond donors (Lipinski definition) is 1. The lowest BCUT2D eigenvalue weighted by atomic mass is 10.2. The molecule has 24 heavy (non-hydrogen) atoms. The highest BCUT2D eigenvalue weighted by molar-refractivity contribution is 6.31. The van der Waals surface area contributed by atoms with E-state index in [0.717, 1.165) is 5.56 Å². The average molecular weight is 358 g/mol. The Morgan fingerprint density at radius 3 is 2.54 bits per heavy atom. The zero-order chi connectivity index (χ0) is 18.0. The smallest absolute Gasteiger partial charge is 0.387 e. The number of hydrogen-bond acceptors (Lipinski definition) is 3. The van der Waals surface area contributed by atoms with Crippen molar-refractivity contribution in [3.05, 3.63) is 40.2 Å². The van der Waals surface area contributed by atoms with Crippen molar-refractivity contribution in [1.29, 1.82) is 0 Å². The van der Waals surface area contributed by atoms with Crippen LogP contribution in [0.3, 0.4) is 0 Å². The maximum absolute atomic E-state index is 12.5. The van der Waals surface area contributed by atoms with Gasteiger partial charge in [-0.3, -0.25) is 9.48 Å². The Balaban J connectivity index is 2.25. The van der Waals surface area contributed by atoms with Crippen molar-refractivity contribution in [3.63, 3.8) is 0 Å². The number of carbonyl (C=O) groups is 1. The third-order valence-electron chi connectivity index (χ3n) is 3.59. The molecule has 5 nitrogen and oxygen atoms in total. The number of nitrogens with one attached hydrogen (secondary N) is 1. The second-order valence-corrected chi connectivity index (χ2v) is 5.85. The maximum Gasteiger partial charge on any atom is 0.387 e. The second kappa shape index (κ2) is 7.17. The molecule has 0 aliphatic carbocycles. The molecule has 1 N–H and O–H groups in total. The molecule has 0 fully saturated rings. The van der Waals surface area contributed by atoms with Crippen LogP contribution < -0.4 is 10.1 Å². The van der Waals surface area contributed by atoms with E-state index >= 15 is 0 Å². The van der Waals surface area contributed by atoms with Crippen LogP contribution in [0.1, 0.15) is 29.9 Å². The van der Waals surface area contributed by atoms with Gasteiger partial charge in [0.1, 0.15) is 11.8 Å². The van der Waals surface area contributed by atoms with Gasteiger partial charge in [-0.25, -0.2) is 0 Å². The largest absolute Gasteiger partial charge is 0.433 e. The Bertz CT molecular complexity index is 762. The van der Waals surface area contributed by atoms with Crippen molar-refractivity contribution in [2.24, 2.45) is 0 Å². The number of nitrogens with zero attached hydrogens (tertiary/aromatic N) is 2. The van der Waals surface area contributed by atoms with E-state index in [9.17, 15) is 13.6 Å². The lowest BCUT2D eigenvalue weighted by Gasteiger charge is -2.17.